The molecule has 0 spiro atoms. The van der Waals surface area contributed by atoms with Crippen molar-refractivity contribution in [2.24, 2.45) is 0 Å². The Bertz CT molecular complexity index is 926. The van der Waals surface area contributed by atoms with Crippen LogP contribution in [0.15, 0.2) is 30.6 Å². The Morgan fingerprint density at radius 1 is 0.875 bits per heavy atom. The van der Waals surface area contributed by atoms with Crippen LogP contribution >= 0.6 is 0 Å². The van der Waals surface area contributed by atoms with Gasteiger partial charge in [-0.1, -0.05) is 0 Å². The van der Waals surface area contributed by atoms with Crippen LogP contribution in [0, 0.1) is 17.5 Å². The molecule has 1 aliphatic rings. The quantitative estimate of drug-likeness (QED) is 0.777. The summed E-state index contributed by atoms with van der Waals surface area (Å²) < 4.78 is 51.7. The van der Waals surface area contributed by atoms with E-state index < -0.39 is 23.1 Å². The standard InChI is InChI=1S/C16H10F3N3O2/c17-8-3-10(18)15(11(19)4-8)22-16-9-5-13-14(24-2-1-23-13)6-12(9)20-7-21-16/h3-7H,1-2H2,(H,20,21,22). The van der Waals surface area contributed by atoms with Gasteiger partial charge in [0, 0.05) is 23.6 Å². The van der Waals surface area contributed by atoms with Gasteiger partial charge >= 0.3 is 0 Å². The first kappa shape index (κ1) is 14.6. The van der Waals surface area contributed by atoms with E-state index in [1.807, 2.05) is 0 Å². The molecule has 122 valence electrons. The van der Waals surface area contributed by atoms with Crippen molar-refractivity contribution in [2.75, 3.05) is 18.5 Å². The minimum atomic E-state index is -1.06. The molecule has 0 unspecified atom stereocenters. The predicted molar refractivity (Wildman–Crippen MR) is 80.1 cm³/mol. The van der Waals surface area contributed by atoms with E-state index in [4.69, 9.17) is 9.47 Å². The number of fused-ring (bicyclic) bond motifs is 2. The zero-order valence-electron chi connectivity index (χ0n) is 12.1. The maximum Gasteiger partial charge on any atom is 0.163 e. The fourth-order valence-electron chi connectivity index (χ4n) is 2.47. The summed E-state index contributed by atoms with van der Waals surface area (Å²) in [5, 5.41) is 3.04. The number of rotatable bonds is 2. The van der Waals surface area contributed by atoms with Crippen molar-refractivity contribution in [2.45, 2.75) is 0 Å². The van der Waals surface area contributed by atoms with Gasteiger partial charge in [0.15, 0.2) is 23.1 Å². The Kier molecular flexibility index (Phi) is 3.37. The molecule has 3 aromatic rings. The number of anilines is 2. The highest BCUT2D eigenvalue weighted by Crippen LogP contribution is 2.36. The first-order valence-corrected chi connectivity index (χ1v) is 7.08. The average molecular weight is 333 g/mol. The molecule has 0 radical (unpaired) electrons. The van der Waals surface area contributed by atoms with Gasteiger partial charge in [0.1, 0.15) is 36.9 Å². The second-order valence-corrected chi connectivity index (χ2v) is 5.10. The lowest BCUT2D eigenvalue weighted by atomic mass is 10.2. The molecular formula is C16H10F3N3O2. The summed E-state index contributed by atoms with van der Waals surface area (Å²) in [5.74, 6) is -1.91. The van der Waals surface area contributed by atoms with E-state index in [2.05, 4.69) is 15.3 Å². The summed E-state index contributed by atoms with van der Waals surface area (Å²) in [6, 6.07) is 4.47. The summed E-state index contributed by atoms with van der Waals surface area (Å²) in [4.78, 5) is 8.13. The molecule has 1 aromatic heterocycles. The van der Waals surface area contributed by atoms with Gasteiger partial charge in [-0.3, -0.25) is 0 Å². The highest BCUT2D eigenvalue weighted by Gasteiger charge is 2.17. The number of nitrogens with one attached hydrogen (secondary N) is 1. The Hall–Kier alpha value is -3.03. The molecule has 1 N–H and O–H groups in total. The number of hydrogen-bond acceptors (Lipinski definition) is 5. The van der Waals surface area contributed by atoms with E-state index >= 15 is 0 Å². The van der Waals surface area contributed by atoms with Crippen molar-refractivity contribution in [1.82, 2.24) is 9.97 Å². The number of aromatic nitrogens is 2. The maximum absolute atomic E-state index is 13.8. The third-order valence-corrected chi connectivity index (χ3v) is 3.55. The van der Waals surface area contributed by atoms with Crippen LogP contribution in [0.4, 0.5) is 24.7 Å². The third-order valence-electron chi connectivity index (χ3n) is 3.55. The van der Waals surface area contributed by atoms with Crippen LogP contribution in [-0.4, -0.2) is 23.2 Å². The summed E-state index contributed by atoms with van der Waals surface area (Å²) in [6.07, 6.45) is 1.25. The summed E-state index contributed by atoms with van der Waals surface area (Å²) in [5.41, 5.74) is 0.0194. The number of halogens is 3. The molecule has 8 heteroatoms. The van der Waals surface area contributed by atoms with Crippen molar-refractivity contribution < 1.29 is 22.6 Å². The average Bonchev–Trinajstić information content (AvgIpc) is 2.56. The molecule has 0 saturated heterocycles. The van der Waals surface area contributed by atoms with Gasteiger partial charge in [-0.15, -0.1) is 0 Å². The molecule has 0 atom stereocenters. The van der Waals surface area contributed by atoms with Crippen LogP contribution in [0.1, 0.15) is 0 Å². The van der Waals surface area contributed by atoms with Crippen molar-refractivity contribution in [3.05, 3.63) is 48.0 Å². The van der Waals surface area contributed by atoms with E-state index in [0.29, 0.717) is 47.7 Å². The van der Waals surface area contributed by atoms with Gasteiger partial charge in [-0.25, -0.2) is 23.1 Å². The fourth-order valence-corrected chi connectivity index (χ4v) is 2.47. The largest absolute Gasteiger partial charge is 0.486 e. The molecule has 2 aromatic carbocycles. The molecule has 1 aliphatic heterocycles. The Morgan fingerprint density at radius 2 is 1.54 bits per heavy atom. The topological polar surface area (TPSA) is 56.3 Å². The summed E-state index contributed by atoms with van der Waals surface area (Å²) >= 11 is 0. The molecule has 2 heterocycles. The first-order chi connectivity index (χ1) is 11.6. The lowest BCUT2D eigenvalue weighted by Gasteiger charge is -2.19. The summed E-state index contributed by atoms with van der Waals surface area (Å²) in [6.45, 7) is 0.830. The Labute approximate surface area is 134 Å². The summed E-state index contributed by atoms with van der Waals surface area (Å²) in [7, 11) is 0. The molecule has 5 nitrogen and oxygen atoms in total. The zero-order chi connectivity index (χ0) is 16.7. The number of hydrogen-bond donors (Lipinski definition) is 1. The Balaban J connectivity index is 1.82. The minimum Gasteiger partial charge on any atom is -0.486 e. The van der Waals surface area contributed by atoms with E-state index in [1.54, 1.807) is 12.1 Å². The van der Waals surface area contributed by atoms with Gasteiger partial charge in [0.2, 0.25) is 0 Å². The molecule has 0 aliphatic carbocycles. The fraction of sp³-hybridized carbons (Fsp3) is 0.125. The van der Waals surface area contributed by atoms with E-state index in [-0.39, 0.29) is 5.82 Å². The van der Waals surface area contributed by atoms with Gasteiger partial charge in [0.25, 0.3) is 0 Å². The second-order valence-electron chi connectivity index (χ2n) is 5.10. The van der Waals surface area contributed by atoms with E-state index in [1.165, 1.54) is 6.33 Å². The van der Waals surface area contributed by atoms with Crippen LogP contribution in [0.25, 0.3) is 10.9 Å². The highest BCUT2D eigenvalue weighted by atomic mass is 19.1. The zero-order valence-corrected chi connectivity index (χ0v) is 12.1. The van der Waals surface area contributed by atoms with E-state index in [9.17, 15) is 13.2 Å². The van der Waals surface area contributed by atoms with Crippen molar-refractivity contribution in [3.8, 4) is 11.5 Å². The lowest BCUT2D eigenvalue weighted by molar-refractivity contribution is 0.172. The van der Waals surface area contributed by atoms with Gasteiger partial charge < -0.3 is 14.8 Å². The maximum atomic E-state index is 13.8. The molecule has 24 heavy (non-hydrogen) atoms. The van der Waals surface area contributed by atoms with Crippen LogP contribution in [0.2, 0.25) is 0 Å². The normalized spacial score (nSPS) is 13.1. The smallest absolute Gasteiger partial charge is 0.163 e. The van der Waals surface area contributed by atoms with Crippen LogP contribution in [0.3, 0.4) is 0 Å². The van der Waals surface area contributed by atoms with Gasteiger partial charge in [-0.05, 0) is 6.07 Å². The van der Waals surface area contributed by atoms with Crippen LogP contribution in [0.5, 0.6) is 11.5 Å². The monoisotopic (exact) mass is 333 g/mol. The highest BCUT2D eigenvalue weighted by molar-refractivity contribution is 5.93. The second kappa shape index (κ2) is 5.55. The molecule has 0 fully saturated rings. The van der Waals surface area contributed by atoms with Crippen LogP contribution in [-0.2, 0) is 0 Å². The van der Waals surface area contributed by atoms with Gasteiger partial charge in [-0.2, -0.15) is 0 Å². The van der Waals surface area contributed by atoms with Crippen molar-refractivity contribution in [1.29, 1.82) is 0 Å². The Morgan fingerprint density at radius 3 is 2.25 bits per heavy atom. The number of nitrogens with zero attached hydrogens (tertiary/aromatic N) is 2. The predicted octanol–water partition coefficient (Wildman–Crippen LogP) is 3.56. The molecule has 4 rings (SSSR count). The number of ether oxygens (including phenoxy) is 2. The SMILES string of the molecule is Fc1cc(F)c(Nc2ncnc3cc4c(cc23)OCCO4)c(F)c1. The lowest BCUT2D eigenvalue weighted by Crippen LogP contribution is -2.15. The first-order valence-electron chi connectivity index (χ1n) is 7.08. The van der Waals surface area contributed by atoms with E-state index in [0.717, 1.165) is 0 Å². The molecule has 0 bridgehead atoms. The van der Waals surface area contributed by atoms with Crippen molar-refractivity contribution in [3.63, 3.8) is 0 Å². The molecular weight excluding hydrogens is 323 g/mol. The van der Waals surface area contributed by atoms with Crippen molar-refractivity contribution >= 4 is 22.4 Å². The van der Waals surface area contributed by atoms with Gasteiger partial charge in [0.05, 0.1) is 5.52 Å². The third kappa shape index (κ3) is 2.45. The number of benzene rings is 2. The molecule has 0 amide bonds. The molecule has 0 saturated carbocycles. The van der Waals surface area contributed by atoms with Crippen LogP contribution < -0.4 is 14.8 Å². The minimum absolute atomic E-state index is 0.168.